The van der Waals surface area contributed by atoms with Gasteiger partial charge in [0.15, 0.2) is 0 Å². The Kier molecular flexibility index (Phi) is 4.15. The van der Waals surface area contributed by atoms with Crippen molar-refractivity contribution in [1.82, 2.24) is 0 Å². The molecule has 0 N–H and O–H groups in total. The summed E-state index contributed by atoms with van der Waals surface area (Å²) in [6.07, 6.45) is 2.44. The molecule has 2 heterocycles. The quantitative estimate of drug-likeness (QED) is 0.836. The van der Waals surface area contributed by atoms with Gasteiger partial charge >= 0.3 is 0 Å². The SMILES string of the molecule is CC(C)CCOc1ccc2c(c1)CCC(=O)N2C1COC1. The molecule has 0 unspecified atom stereocenters. The number of hydrogen-bond donors (Lipinski definition) is 0. The molecule has 4 heteroatoms. The van der Waals surface area contributed by atoms with E-state index in [1.165, 1.54) is 5.56 Å². The van der Waals surface area contributed by atoms with Crippen LogP contribution >= 0.6 is 0 Å². The number of rotatable bonds is 5. The number of benzene rings is 1. The minimum Gasteiger partial charge on any atom is -0.494 e. The van der Waals surface area contributed by atoms with E-state index in [2.05, 4.69) is 19.9 Å². The lowest BCUT2D eigenvalue weighted by molar-refractivity contribution is -0.121. The number of carbonyl (C=O) groups is 1. The largest absolute Gasteiger partial charge is 0.494 e. The van der Waals surface area contributed by atoms with E-state index in [9.17, 15) is 4.79 Å². The van der Waals surface area contributed by atoms with Gasteiger partial charge in [-0.1, -0.05) is 13.8 Å². The Hall–Kier alpha value is -1.55. The summed E-state index contributed by atoms with van der Waals surface area (Å²) < 4.78 is 11.0. The number of carbonyl (C=O) groups excluding carboxylic acids is 1. The summed E-state index contributed by atoms with van der Waals surface area (Å²) in [6.45, 7) is 6.44. The summed E-state index contributed by atoms with van der Waals surface area (Å²) in [4.78, 5) is 14.1. The van der Waals surface area contributed by atoms with Gasteiger partial charge in [-0.3, -0.25) is 4.79 Å². The lowest BCUT2D eigenvalue weighted by atomic mass is 9.98. The average molecular weight is 289 g/mol. The molecule has 2 aliphatic rings. The van der Waals surface area contributed by atoms with Crippen molar-refractivity contribution in [1.29, 1.82) is 0 Å². The standard InChI is InChI=1S/C17H23NO3/c1-12(2)7-8-21-15-4-5-16-13(9-15)3-6-17(19)18(16)14-10-20-11-14/h4-5,9,12,14H,3,6-8,10-11H2,1-2H3. The molecule has 3 rings (SSSR count). The molecule has 1 fully saturated rings. The molecule has 21 heavy (non-hydrogen) atoms. The predicted octanol–water partition coefficient (Wildman–Crippen LogP) is 2.79. The van der Waals surface area contributed by atoms with Crippen molar-refractivity contribution in [3.8, 4) is 5.75 Å². The van der Waals surface area contributed by atoms with Crippen LogP contribution in [-0.2, 0) is 16.0 Å². The average Bonchev–Trinajstić information content (AvgIpc) is 2.39. The van der Waals surface area contributed by atoms with Crippen molar-refractivity contribution in [2.45, 2.75) is 39.2 Å². The molecule has 0 atom stereocenters. The van der Waals surface area contributed by atoms with E-state index in [1.54, 1.807) is 0 Å². The summed E-state index contributed by atoms with van der Waals surface area (Å²) in [5, 5.41) is 0. The lowest BCUT2D eigenvalue weighted by Crippen LogP contribution is -2.53. The number of amides is 1. The summed E-state index contributed by atoms with van der Waals surface area (Å²) in [6, 6.07) is 6.30. The maximum atomic E-state index is 12.2. The van der Waals surface area contributed by atoms with Gasteiger partial charge in [-0.2, -0.15) is 0 Å². The van der Waals surface area contributed by atoms with E-state index in [0.29, 0.717) is 25.6 Å². The fraction of sp³-hybridized carbons (Fsp3) is 0.588. The minimum atomic E-state index is 0.212. The Labute approximate surface area is 126 Å². The zero-order valence-electron chi connectivity index (χ0n) is 12.8. The zero-order valence-corrected chi connectivity index (χ0v) is 12.8. The van der Waals surface area contributed by atoms with E-state index >= 15 is 0 Å². The van der Waals surface area contributed by atoms with Gasteiger partial charge in [0.25, 0.3) is 0 Å². The smallest absolute Gasteiger partial charge is 0.227 e. The second kappa shape index (κ2) is 6.06. The van der Waals surface area contributed by atoms with Crippen LogP contribution in [0, 0.1) is 5.92 Å². The number of nitrogens with zero attached hydrogens (tertiary/aromatic N) is 1. The molecule has 0 aliphatic carbocycles. The molecule has 1 aromatic rings. The Morgan fingerprint density at radius 1 is 1.33 bits per heavy atom. The maximum absolute atomic E-state index is 12.2. The molecule has 0 spiro atoms. The van der Waals surface area contributed by atoms with Crippen LogP contribution in [0.3, 0.4) is 0 Å². The predicted molar refractivity (Wildman–Crippen MR) is 81.8 cm³/mol. The fourth-order valence-corrected chi connectivity index (χ4v) is 2.77. The van der Waals surface area contributed by atoms with Crippen LogP contribution in [0.25, 0.3) is 0 Å². The molecular formula is C17H23NO3. The van der Waals surface area contributed by atoms with Gasteiger partial charge in [0.05, 0.1) is 25.9 Å². The van der Waals surface area contributed by atoms with Crippen molar-refractivity contribution < 1.29 is 14.3 Å². The van der Waals surface area contributed by atoms with Crippen LogP contribution in [0.5, 0.6) is 5.75 Å². The topological polar surface area (TPSA) is 38.8 Å². The van der Waals surface area contributed by atoms with E-state index in [0.717, 1.165) is 30.9 Å². The Morgan fingerprint density at radius 3 is 2.81 bits per heavy atom. The Bertz CT molecular complexity index is 523. The van der Waals surface area contributed by atoms with Crippen LogP contribution in [0.2, 0.25) is 0 Å². The molecule has 4 nitrogen and oxygen atoms in total. The first-order valence-corrected chi connectivity index (χ1v) is 7.80. The molecule has 2 aliphatic heterocycles. The third-order valence-electron chi connectivity index (χ3n) is 4.14. The molecule has 1 aromatic carbocycles. The summed E-state index contributed by atoms with van der Waals surface area (Å²) in [7, 11) is 0. The molecular weight excluding hydrogens is 266 g/mol. The van der Waals surface area contributed by atoms with E-state index in [4.69, 9.17) is 9.47 Å². The van der Waals surface area contributed by atoms with Gasteiger partial charge in [0, 0.05) is 12.1 Å². The number of fused-ring (bicyclic) bond motifs is 1. The molecule has 1 saturated heterocycles. The highest BCUT2D eigenvalue weighted by Crippen LogP contribution is 2.34. The molecule has 0 aromatic heterocycles. The van der Waals surface area contributed by atoms with Crippen molar-refractivity contribution >= 4 is 11.6 Å². The number of aryl methyl sites for hydroxylation is 1. The number of anilines is 1. The first-order valence-electron chi connectivity index (χ1n) is 7.80. The molecule has 114 valence electrons. The van der Waals surface area contributed by atoms with Crippen molar-refractivity contribution in [3.63, 3.8) is 0 Å². The highest BCUT2D eigenvalue weighted by Gasteiger charge is 2.34. The Morgan fingerprint density at radius 2 is 2.14 bits per heavy atom. The maximum Gasteiger partial charge on any atom is 0.227 e. The van der Waals surface area contributed by atoms with Crippen LogP contribution in [-0.4, -0.2) is 31.8 Å². The summed E-state index contributed by atoms with van der Waals surface area (Å²) >= 11 is 0. The molecule has 0 saturated carbocycles. The third kappa shape index (κ3) is 3.05. The minimum absolute atomic E-state index is 0.212. The summed E-state index contributed by atoms with van der Waals surface area (Å²) in [5.41, 5.74) is 2.25. The second-order valence-electron chi connectivity index (χ2n) is 6.28. The molecule has 0 radical (unpaired) electrons. The number of ether oxygens (including phenoxy) is 2. The second-order valence-corrected chi connectivity index (χ2v) is 6.28. The van der Waals surface area contributed by atoms with Crippen LogP contribution < -0.4 is 9.64 Å². The first-order chi connectivity index (χ1) is 10.1. The molecule has 0 bridgehead atoms. The normalized spacial score (nSPS) is 18.6. The van der Waals surface area contributed by atoms with Gasteiger partial charge in [0.1, 0.15) is 5.75 Å². The zero-order chi connectivity index (χ0) is 14.8. The van der Waals surface area contributed by atoms with Gasteiger partial charge in [-0.05, 0) is 42.5 Å². The van der Waals surface area contributed by atoms with Crippen molar-refractivity contribution in [3.05, 3.63) is 23.8 Å². The first kappa shape index (κ1) is 14.4. The van der Waals surface area contributed by atoms with Gasteiger partial charge < -0.3 is 14.4 Å². The van der Waals surface area contributed by atoms with Gasteiger partial charge in [-0.15, -0.1) is 0 Å². The molecule has 1 amide bonds. The number of hydrogen-bond acceptors (Lipinski definition) is 3. The van der Waals surface area contributed by atoms with Gasteiger partial charge in [0.2, 0.25) is 5.91 Å². The van der Waals surface area contributed by atoms with Gasteiger partial charge in [-0.25, -0.2) is 0 Å². The fourth-order valence-electron chi connectivity index (χ4n) is 2.77. The monoisotopic (exact) mass is 289 g/mol. The van der Waals surface area contributed by atoms with E-state index in [-0.39, 0.29) is 11.9 Å². The van der Waals surface area contributed by atoms with Crippen molar-refractivity contribution in [2.75, 3.05) is 24.7 Å². The lowest BCUT2D eigenvalue weighted by Gasteiger charge is -2.40. The van der Waals surface area contributed by atoms with Crippen LogP contribution in [0.4, 0.5) is 5.69 Å². The third-order valence-corrected chi connectivity index (χ3v) is 4.14. The van der Waals surface area contributed by atoms with Crippen LogP contribution in [0.15, 0.2) is 18.2 Å². The summed E-state index contributed by atoms with van der Waals surface area (Å²) in [5.74, 6) is 1.77. The highest BCUT2D eigenvalue weighted by atomic mass is 16.5. The highest BCUT2D eigenvalue weighted by molar-refractivity contribution is 5.97. The van der Waals surface area contributed by atoms with E-state index < -0.39 is 0 Å². The Balaban J connectivity index is 1.74. The van der Waals surface area contributed by atoms with Crippen LogP contribution in [0.1, 0.15) is 32.3 Å². The van der Waals surface area contributed by atoms with Crippen molar-refractivity contribution in [2.24, 2.45) is 5.92 Å². The van der Waals surface area contributed by atoms with E-state index in [1.807, 2.05) is 17.0 Å².